The minimum absolute atomic E-state index is 0.0107. The van der Waals surface area contributed by atoms with Crippen LogP contribution in [0.2, 0.25) is 0 Å². The number of carbonyl (C=O) groups excluding carboxylic acids is 1. The van der Waals surface area contributed by atoms with Crippen molar-refractivity contribution in [2.45, 2.75) is 31.5 Å². The SMILES string of the molecule is COc1cncc(C(NC(=O)Cn2ncnn2)C2CC(O)C2)c1. The number of ether oxygens (including phenoxy) is 1. The third-order valence-electron chi connectivity index (χ3n) is 3.94. The maximum Gasteiger partial charge on any atom is 0.244 e. The summed E-state index contributed by atoms with van der Waals surface area (Å²) in [7, 11) is 1.57. The Hall–Kier alpha value is -2.55. The average Bonchev–Trinajstić information content (AvgIpc) is 3.03. The molecule has 0 spiro atoms. The van der Waals surface area contributed by atoms with Gasteiger partial charge in [0.2, 0.25) is 5.91 Å². The van der Waals surface area contributed by atoms with E-state index >= 15 is 0 Å². The number of pyridine rings is 1. The summed E-state index contributed by atoms with van der Waals surface area (Å²) in [6, 6.07) is 1.60. The number of hydrogen-bond acceptors (Lipinski definition) is 7. The maximum atomic E-state index is 12.2. The van der Waals surface area contributed by atoms with E-state index in [-0.39, 0.29) is 30.5 Å². The molecule has 1 aliphatic carbocycles. The molecular formula is C14H18N6O3. The number of nitrogens with one attached hydrogen (secondary N) is 1. The summed E-state index contributed by atoms with van der Waals surface area (Å²) in [4.78, 5) is 17.6. The van der Waals surface area contributed by atoms with Gasteiger partial charge in [-0.1, -0.05) is 0 Å². The summed E-state index contributed by atoms with van der Waals surface area (Å²) in [5.41, 5.74) is 0.848. The second-order valence-electron chi connectivity index (χ2n) is 5.55. The molecule has 23 heavy (non-hydrogen) atoms. The molecule has 0 saturated heterocycles. The molecular weight excluding hydrogens is 300 g/mol. The molecule has 2 aromatic heterocycles. The van der Waals surface area contributed by atoms with Gasteiger partial charge in [-0.3, -0.25) is 9.78 Å². The Morgan fingerprint density at radius 2 is 2.35 bits per heavy atom. The Balaban J connectivity index is 1.74. The lowest BCUT2D eigenvalue weighted by Gasteiger charge is -2.38. The monoisotopic (exact) mass is 318 g/mol. The van der Waals surface area contributed by atoms with E-state index < -0.39 is 0 Å². The van der Waals surface area contributed by atoms with Crippen LogP contribution in [-0.2, 0) is 11.3 Å². The van der Waals surface area contributed by atoms with Crippen molar-refractivity contribution in [3.8, 4) is 5.75 Å². The second kappa shape index (κ2) is 6.69. The number of aromatic nitrogens is 5. The minimum Gasteiger partial charge on any atom is -0.495 e. The molecule has 0 aromatic carbocycles. The molecule has 0 radical (unpaired) electrons. The molecule has 1 atom stereocenters. The van der Waals surface area contributed by atoms with Crippen LogP contribution >= 0.6 is 0 Å². The maximum absolute atomic E-state index is 12.2. The molecule has 3 rings (SSSR count). The van der Waals surface area contributed by atoms with Crippen LogP contribution in [0.5, 0.6) is 5.75 Å². The van der Waals surface area contributed by atoms with Crippen molar-refractivity contribution in [1.29, 1.82) is 0 Å². The van der Waals surface area contributed by atoms with E-state index in [1.807, 2.05) is 6.07 Å². The molecule has 1 aliphatic rings. The molecule has 0 bridgehead atoms. The molecule has 2 heterocycles. The normalized spacial score (nSPS) is 21.3. The average molecular weight is 318 g/mol. The highest BCUT2D eigenvalue weighted by Crippen LogP contribution is 2.38. The smallest absolute Gasteiger partial charge is 0.244 e. The highest BCUT2D eigenvalue weighted by molar-refractivity contribution is 5.76. The molecule has 9 heteroatoms. The number of aliphatic hydroxyl groups is 1. The van der Waals surface area contributed by atoms with Crippen molar-refractivity contribution < 1.29 is 14.6 Å². The van der Waals surface area contributed by atoms with Crippen LogP contribution in [0.3, 0.4) is 0 Å². The first-order chi connectivity index (χ1) is 11.2. The van der Waals surface area contributed by atoms with Crippen molar-refractivity contribution in [1.82, 2.24) is 30.5 Å². The van der Waals surface area contributed by atoms with Crippen molar-refractivity contribution in [3.05, 3.63) is 30.4 Å². The number of aliphatic hydroxyl groups excluding tert-OH is 1. The van der Waals surface area contributed by atoms with Gasteiger partial charge < -0.3 is 15.2 Å². The Morgan fingerprint density at radius 1 is 1.52 bits per heavy atom. The van der Waals surface area contributed by atoms with E-state index in [2.05, 4.69) is 25.7 Å². The first-order valence-corrected chi connectivity index (χ1v) is 7.33. The Labute approximate surface area is 132 Å². The van der Waals surface area contributed by atoms with Crippen LogP contribution in [0.25, 0.3) is 0 Å². The van der Waals surface area contributed by atoms with Crippen LogP contribution in [0.1, 0.15) is 24.4 Å². The third kappa shape index (κ3) is 3.62. The van der Waals surface area contributed by atoms with E-state index in [9.17, 15) is 9.90 Å². The zero-order valence-corrected chi connectivity index (χ0v) is 12.7. The standard InChI is InChI=1S/C14H18N6O3/c1-23-12-4-10(5-15-6-12)14(9-2-11(21)3-9)18-13(22)7-20-17-8-16-19-20/h4-6,8-9,11,14,21H,2-3,7H2,1H3,(H,18,22). The summed E-state index contributed by atoms with van der Waals surface area (Å²) in [5.74, 6) is 0.559. The number of tetrazole rings is 1. The topological polar surface area (TPSA) is 115 Å². The summed E-state index contributed by atoms with van der Waals surface area (Å²) in [6.07, 6.45) is 5.56. The van der Waals surface area contributed by atoms with Crippen LogP contribution in [-0.4, -0.2) is 49.4 Å². The molecule has 0 aliphatic heterocycles. The lowest BCUT2D eigenvalue weighted by Crippen LogP contribution is -2.42. The molecule has 122 valence electrons. The van der Waals surface area contributed by atoms with Gasteiger partial charge in [-0.2, -0.15) is 4.80 Å². The van der Waals surface area contributed by atoms with Gasteiger partial charge in [-0.15, -0.1) is 10.2 Å². The quantitative estimate of drug-likeness (QED) is 0.751. The molecule has 2 aromatic rings. The van der Waals surface area contributed by atoms with Gasteiger partial charge in [-0.25, -0.2) is 0 Å². The van der Waals surface area contributed by atoms with Gasteiger partial charge in [0.15, 0.2) is 6.33 Å². The zero-order valence-electron chi connectivity index (χ0n) is 12.7. The number of hydrogen-bond donors (Lipinski definition) is 2. The van der Waals surface area contributed by atoms with E-state index in [1.54, 1.807) is 19.5 Å². The van der Waals surface area contributed by atoms with Gasteiger partial charge in [0.05, 0.1) is 25.5 Å². The van der Waals surface area contributed by atoms with Crippen molar-refractivity contribution in [2.75, 3.05) is 7.11 Å². The predicted molar refractivity (Wildman–Crippen MR) is 78.2 cm³/mol. The highest BCUT2D eigenvalue weighted by Gasteiger charge is 2.36. The van der Waals surface area contributed by atoms with E-state index in [1.165, 1.54) is 11.1 Å². The second-order valence-corrected chi connectivity index (χ2v) is 5.55. The Kier molecular flexibility index (Phi) is 4.47. The lowest BCUT2D eigenvalue weighted by molar-refractivity contribution is -0.124. The molecule has 1 amide bonds. The lowest BCUT2D eigenvalue weighted by atomic mass is 9.75. The largest absolute Gasteiger partial charge is 0.495 e. The minimum atomic E-state index is -0.310. The van der Waals surface area contributed by atoms with Gasteiger partial charge in [0, 0.05) is 6.20 Å². The van der Waals surface area contributed by atoms with Crippen molar-refractivity contribution in [3.63, 3.8) is 0 Å². The fourth-order valence-corrected chi connectivity index (χ4v) is 2.70. The summed E-state index contributed by atoms with van der Waals surface area (Å²) in [5, 5.41) is 23.6. The molecule has 9 nitrogen and oxygen atoms in total. The predicted octanol–water partition coefficient (Wildman–Crippen LogP) is -0.295. The van der Waals surface area contributed by atoms with E-state index in [0.717, 1.165) is 5.56 Å². The fourth-order valence-electron chi connectivity index (χ4n) is 2.70. The summed E-state index contributed by atoms with van der Waals surface area (Å²) >= 11 is 0. The van der Waals surface area contributed by atoms with Crippen LogP contribution in [0, 0.1) is 5.92 Å². The van der Waals surface area contributed by atoms with Crippen LogP contribution in [0.15, 0.2) is 24.8 Å². The molecule has 1 fully saturated rings. The number of nitrogens with zero attached hydrogens (tertiary/aromatic N) is 5. The van der Waals surface area contributed by atoms with Gasteiger partial charge in [-0.05, 0) is 35.6 Å². The fraction of sp³-hybridized carbons (Fsp3) is 0.500. The number of amides is 1. The Morgan fingerprint density at radius 3 is 3.00 bits per heavy atom. The number of carbonyl (C=O) groups is 1. The number of rotatable bonds is 6. The molecule has 1 saturated carbocycles. The zero-order chi connectivity index (χ0) is 16.2. The first kappa shape index (κ1) is 15.3. The van der Waals surface area contributed by atoms with Gasteiger partial charge in [0.25, 0.3) is 0 Å². The highest BCUT2D eigenvalue weighted by atomic mass is 16.5. The van der Waals surface area contributed by atoms with Crippen LogP contribution < -0.4 is 10.1 Å². The third-order valence-corrected chi connectivity index (χ3v) is 3.94. The van der Waals surface area contributed by atoms with Crippen molar-refractivity contribution >= 4 is 5.91 Å². The van der Waals surface area contributed by atoms with Crippen molar-refractivity contribution in [2.24, 2.45) is 5.92 Å². The first-order valence-electron chi connectivity index (χ1n) is 7.33. The Bertz CT molecular complexity index is 656. The van der Waals surface area contributed by atoms with E-state index in [4.69, 9.17) is 4.74 Å². The molecule has 2 N–H and O–H groups in total. The van der Waals surface area contributed by atoms with Crippen LogP contribution in [0.4, 0.5) is 0 Å². The van der Waals surface area contributed by atoms with E-state index in [0.29, 0.717) is 18.6 Å². The van der Waals surface area contributed by atoms with Gasteiger partial charge in [0.1, 0.15) is 12.3 Å². The number of methoxy groups -OCH3 is 1. The molecule has 1 unspecified atom stereocenters. The summed E-state index contributed by atoms with van der Waals surface area (Å²) in [6.45, 7) is -0.0107. The summed E-state index contributed by atoms with van der Waals surface area (Å²) < 4.78 is 5.19. The van der Waals surface area contributed by atoms with Gasteiger partial charge >= 0.3 is 0 Å².